The Labute approximate surface area is 166 Å². The Balaban J connectivity index is 2.33. The maximum absolute atomic E-state index is 13.2. The van der Waals surface area contributed by atoms with Crippen molar-refractivity contribution in [3.63, 3.8) is 0 Å². The average molecular weight is 410 g/mol. The molecule has 0 bridgehead atoms. The molecule has 27 heavy (non-hydrogen) atoms. The van der Waals surface area contributed by atoms with Crippen LogP contribution in [-0.4, -0.2) is 43.1 Å². The summed E-state index contributed by atoms with van der Waals surface area (Å²) in [4.78, 5) is 26.4. The van der Waals surface area contributed by atoms with E-state index in [-0.39, 0.29) is 22.4 Å². The van der Waals surface area contributed by atoms with Crippen molar-refractivity contribution in [3.05, 3.63) is 45.6 Å². The fourth-order valence-electron chi connectivity index (χ4n) is 2.38. The number of nitrogens with one attached hydrogen (secondary N) is 2. The number of ether oxygens (including phenoxy) is 1. The lowest BCUT2D eigenvalue weighted by Crippen LogP contribution is -2.21. The number of benzene rings is 1. The van der Waals surface area contributed by atoms with Crippen LogP contribution in [0, 0.1) is 19.7 Å². The first-order valence-corrected chi connectivity index (χ1v) is 9.15. The van der Waals surface area contributed by atoms with Crippen LogP contribution in [0.2, 0.25) is 0 Å². The monoisotopic (exact) mass is 409 g/mol. The number of methoxy groups -OCH3 is 1. The number of esters is 1. The summed E-state index contributed by atoms with van der Waals surface area (Å²) in [7, 11) is 4.54. The first kappa shape index (κ1) is 20.8. The third-order valence-electron chi connectivity index (χ3n) is 3.80. The van der Waals surface area contributed by atoms with Gasteiger partial charge in [0.05, 0.1) is 17.6 Å². The second-order valence-electron chi connectivity index (χ2n) is 5.99. The molecule has 0 atom stereocenters. The van der Waals surface area contributed by atoms with E-state index in [0.717, 1.165) is 11.3 Å². The molecule has 0 saturated carbocycles. The number of aryl methyl sites for hydroxylation is 1. The van der Waals surface area contributed by atoms with Gasteiger partial charge in [-0.05, 0) is 55.4 Å². The van der Waals surface area contributed by atoms with Gasteiger partial charge in [-0.3, -0.25) is 4.79 Å². The molecule has 9 heteroatoms. The van der Waals surface area contributed by atoms with Gasteiger partial charge in [-0.2, -0.15) is 0 Å². The van der Waals surface area contributed by atoms with Crippen molar-refractivity contribution in [1.82, 2.24) is 4.90 Å². The normalized spacial score (nSPS) is 10.3. The number of hydrogen-bond donors (Lipinski definition) is 2. The van der Waals surface area contributed by atoms with Crippen LogP contribution in [0.15, 0.2) is 18.2 Å². The molecule has 0 saturated heterocycles. The van der Waals surface area contributed by atoms with Gasteiger partial charge in [0.2, 0.25) is 0 Å². The zero-order valence-corrected chi connectivity index (χ0v) is 17.2. The van der Waals surface area contributed by atoms with E-state index in [2.05, 4.69) is 10.6 Å². The number of carbonyl (C=O) groups is 2. The second kappa shape index (κ2) is 8.45. The van der Waals surface area contributed by atoms with Crippen LogP contribution in [-0.2, 0) is 4.74 Å². The molecule has 2 rings (SSSR count). The summed E-state index contributed by atoms with van der Waals surface area (Å²) in [5.74, 6) is -1.13. The number of halogens is 1. The molecule has 0 aliphatic heterocycles. The van der Waals surface area contributed by atoms with Crippen LogP contribution in [0.5, 0.6) is 0 Å². The fraction of sp³-hybridized carbons (Fsp3) is 0.278. The van der Waals surface area contributed by atoms with E-state index >= 15 is 0 Å². The molecule has 6 nitrogen and oxygen atoms in total. The van der Waals surface area contributed by atoms with Gasteiger partial charge in [-0.15, -0.1) is 11.3 Å². The number of carbonyl (C=O) groups excluding carboxylic acids is 2. The Kier molecular flexibility index (Phi) is 6.50. The largest absolute Gasteiger partial charge is 0.465 e. The van der Waals surface area contributed by atoms with Gasteiger partial charge in [-0.1, -0.05) is 0 Å². The highest BCUT2D eigenvalue weighted by molar-refractivity contribution is 7.80. The second-order valence-corrected chi connectivity index (χ2v) is 7.42. The standard InChI is InChI=1S/C18H20FN3O3S2/c1-9-8-11(19)6-7-12(9)20-18(26)21-15-13(17(24)25-5)10(2)14(27-15)16(23)22(3)4/h6-8H,1-5H3,(H2,20,21,26). The number of amides is 1. The van der Waals surface area contributed by atoms with E-state index < -0.39 is 5.97 Å². The SMILES string of the molecule is COC(=O)c1c(NC(=S)Nc2ccc(F)cc2C)sc(C(=O)N(C)C)c1C. The first-order chi connectivity index (χ1) is 12.6. The zero-order valence-electron chi connectivity index (χ0n) is 15.6. The van der Waals surface area contributed by atoms with E-state index in [1.807, 2.05) is 0 Å². The minimum atomic E-state index is -0.565. The molecule has 2 N–H and O–H groups in total. The van der Waals surface area contributed by atoms with Crippen LogP contribution < -0.4 is 10.6 Å². The van der Waals surface area contributed by atoms with Crippen LogP contribution >= 0.6 is 23.6 Å². The van der Waals surface area contributed by atoms with Gasteiger partial charge in [0.25, 0.3) is 5.91 Å². The van der Waals surface area contributed by atoms with Crippen LogP contribution in [0.3, 0.4) is 0 Å². The molecule has 1 aromatic carbocycles. The van der Waals surface area contributed by atoms with E-state index in [9.17, 15) is 14.0 Å². The summed E-state index contributed by atoms with van der Waals surface area (Å²) >= 11 is 6.43. The lowest BCUT2D eigenvalue weighted by Gasteiger charge is -2.12. The van der Waals surface area contributed by atoms with Crippen LogP contribution in [0.25, 0.3) is 0 Å². The predicted octanol–water partition coefficient (Wildman–Crippen LogP) is 3.80. The van der Waals surface area contributed by atoms with Crippen molar-refractivity contribution in [2.45, 2.75) is 13.8 Å². The highest BCUT2D eigenvalue weighted by Gasteiger charge is 2.26. The average Bonchev–Trinajstić information content (AvgIpc) is 2.91. The minimum Gasteiger partial charge on any atom is -0.465 e. The molecule has 0 aliphatic rings. The molecule has 1 amide bonds. The molecule has 1 aromatic heterocycles. The summed E-state index contributed by atoms with van der Waals surface area (Å²) in [6, 6.07) is 4.27. The molecule has 1 heterocycles. The van der Waals surface area contributed by atoms with Gasteiger partial charge in [0.1, 0.15) is 10.8 Å². The maximum Gasteiger partial charge on any atom is 0.341 e. The molecule has 0 radical (unpaired) electrons. The molecule has 2 aromatic rings. The Morgan fingerprint density at radius 1 is 1.22 bits per heavy atom. The highest BCUT2D eigenvalue weighted by Crippen LogP contribution is 2.34. The third kappa shape index (κ3) is 4.61. The Morgan fingerprint density at radius 3 is 2.44 bits per heavy atom. The van der Waals surface area contributed by atoms with Gasteiger partial charge >= 0.3 is 5.97 Å². The molecule has 0 spiro atoms. The number of hydrogen-bond acceptors (Lipinski definition) is 5. The van der Waals surface area contributed by atoms with Crippen molar-refractivity contribution in [2.24, 2.45) is 0 Å². The summed E-state index contributed by atoms with van der Waals surface area (Å²) in [5.41, 5.74) is 2.09. The zero-order chi connectivity index (χ0) is 20.3. The van der Waals surface area contributed by atoms with Crippen LogP contribution in [0.1, 0.15) is 31.2 Å². The van der Waals surface area contributed by atoms with E-state index in [0.29, 0.717) is 26.7 Å². The van der Waals surface area contributed by atoms with Crippen molar-refractivity contribution in [1.29, 1.82) is 0 Å². The van der Waals surface area contributed by atoms with Crippen molar-refractivity contribution >= 4 is 51.2 Å². The van der Waals surface area contributed by atoms with Crippen molar-refractivity contribution < 1.29 is 18.7 Å². The summed E-state index contributed by atoms with van der Waals surface area (Å²) in [6.45, 7) is 3.43. The lowest BCUT2D eigenvalue weighted by atomic mass is 10.1. The number of nitrogens with zero attached hydrogens (tertiary/aromatic N) is 1. The Morgan fingerprint density at radius 2 is 1.89 bits per heavy atom. The smallest absolute Gasteiger partial charge is 0.341 e. The summed E-state index contributed by atoms with van der Waals surface area (Å²) in [5, 5.41) is 6.52. The van der Waals surface area contributed by atoms with E-state index in [1.165, 1.54) is 24.1 Å². The van der Waals surface area contributed by atoms with Crippen molar-refractivity contribution in [2.75, 3.05) is 31.8 Å². The van der Waals surface area contributed by atoms with Crippen molar-refractivity contribution in [3.8, 4) is 0 Å². The third-order valence-corrected chi connectivity index (χ3v) is 5.20. The predicted molar refractivity (Wildman–Crippen MR) is 109 cm³/mol. The number of thiophene rings is 1. The van der Waals surface area contributed by atoms with Gasteiger partial charge in [0, 0.05) is 19.8 Å². The van der Waals surface area contributed by atoms with E-state index in [1.54, 1.807) is 34.0 Å². The van der Waals surface area contributed by atoms with Crippen LogP contribution in [0.4, 0.5) is 15.1 Å². The topological polar surface area (TPSA) is 70.7 Å². The molecule has 144 valence electrons. The first-order valence-electron chi connectivity index (χ1n) is 7.93. The molecular weight excluding hydrogens is 389 g/mol. The number of anilines is 2. The molecule has 0 fully saturated rings. The number of rotatable bonds is 4. The molecule has 0 unspecified atom stereocenters. The molecular formula is C18H20FN3O3S2. The molecule has 0 aliphatic carbocycles. The Bertz CT molecular complexity index is 909. The fourth-order valence-corrected chi connectivity index (χ4v) is 3.88. The maximum atomic E-state index is 13.2. The summed E-state index contributed by atoms with van der Waals surface area (Å²) in [6.07, 6.45) is 0. The minimum absolute atomic E-state index is 0.208. The van der Waals surface area contributed by atoms with Gasteiger partial charge in [0.15, 0.2) is 5.11 Å². The Hall–Kier alpha value is -2.52. The quantitative estimate of drug-likeness (QED) is 0.591. The van der Waals surface area contributed by atoms with Gasteiger partial charge in [-0.25, -0.2) is 9.18 Å². The van der Waals surface area contributed by atoms with Gasteiger partial charge < -0.3 is 20.3 Å². The lowest BCUT2D eigenvalue weighted by molar-refractivity contribution is 0.0601. The highest BCUT2D eigenvalue weighted by atomic mass is 32.1. The van der Waals surface area contributed by atoms with E-state index in [4.69, 9.17) is 17.0 Å². The number of thiocarbonyl (C=S) groups is 1. The summed E-state index contributed by atoms with van der Waals surface area (Å²) < 4.78 is 18.1.